The number of fused-ring (bicyclic) bond motifs is 3. The molecule has 1 amide bonds. The van der Waals surface area contributed by atoms with Gasteiger partial charge in [0.15, 0.2) is 0 Å². The van der Waals surface area contributed by atoms with Crippen molar-refractivity contribution in [3.63, 3.8) is 0 Å². The lowest BCUT2D eigenvalue weighted by molar-refractivity contribution is -0.139. The Kier molecular flexibility index (Phi) is 6.80. The van der Waals surface area contributed by atoms with Gasteiger partial charge in [-0.05, 0) is 39.8 Å². The maximum absolute atomic E-state index is 12.8. The first kappa shape index (κ1) is 23.4. The minimum absolute atomic E-state index is 0.0900. The molecule has 0 fully saturated rings. The summed E-state index contributed by atoms with van der Waals surface area (Å²) in [5, 5.41) is 12.5. The Hall–Kier alpha value is -4.38. The van der Waals surface area contributed by atoms with Crippen LogP contribution in [0.3, 0.4) is 0 Å². The van der Waals surface area contributed by atoms with Crippen LogP contribution in [0.5, 0.6) is 0 Å². The molecule has 5 heteroatoms. The number of ether oxygens (including phenoxy) is 1. The predicted molar refractivity (Wildman–Crippen MR) is 139 cm³/mol. The fourth-order valence-corrected chi connectivity index (χ4v) is 5.07. The SMILES string of the molecule is O=C(NC(CC(c1ccccc1)c1ccccc1)C(=O)O)OCC1c2ccccc2-c2ccccc21. The molecule has 0 aliphatic heterocycles. The van der Waals surface area contributed by atoms with Gasteiger partial charge >= 0.3 is 12.1 Å². The molecule has 1 aliphatic rings. The van der Waals surface area contributed by atoms with E-state index in [1.165, 1.54) is 0 Å². The first-order chi connectivity index (χ1) is 17.6. The maximum atomic E-state index is 12.8. The third kappa shape index (κ3) is 4.86. The van der Waals surface area contributed by atoms with Crippen molar-refractivity contribution in [2.24, 2.45) is 0 Å². The number of alkyl carbamates (subject to hydrolysis) is 1. The number of carbonyl (C=O) groups is 2. The molecule has 1 atom stereocenters. The topological polar surface area (TPSA) is 75.6 Å². The van der Waals surface area contributed by atoms with Crippen molar-refractivity contribution in [3.8, 4) is 11.1 Å². The Morgan fingerprint density at radius 3 is 1.69 bits per heavy atom. The first-order valence-corrected chi connectivity index (χ1v) is 12.1. The van der Waals surface area contributed by atoms with E-state index in [1.54, 1.807) is 0 Å². The predicted octanol–water partition coefficient (Wildman–Crippen LogP) is 6.20. The van der Waals surface area contributed by atoms with Gasteiger partial charge in [-0.25, -0.2) is 9.59 Å². The van der Waals surface area contributed by atoms with Gasteiger partial charge in [0.05, 0.1) is 0 Å². The second-order valence-electron chi connectivity index (χ2n) is 8.97. The molecule has 0 aromatic heterocycles. The lowest BCUT2D eigenvalue weighted by Gasteiger charge is -2.23. The summed E-state index contributed by atoms with van der Waals surface area (Å²) in [5.74, 6) is -1.38. The zero-order chi connectivity index (χ0) is 24.9. The van der Waals surface area contributed by atoms with Gasteiger partial charge in [0, 0.05) is 11.8 Å². The van der Waals surface area contributed by atoms with Gasteiger partial charge in [0.25, 0.3) is 0 Å². The van der Waals surface area contributed by atoms with Gasteiger partial charge < -0.3 is 15.2 Å². The van der Waals surface area contributed by atoms with Crippen LogP contribution < -0.4 is 5.32 Å². The number of rotatable bonds is 8. The Balaban J connectivity index is 1.30. The van der Waals surface area contributed by atoms with E-state index < -0.39 is 18.1 Å². The van der Waals surface area contributed by atoms with Crippen molar-refractivity contribution in [2.75, 3.05) is 6.61 Å². The Morgan fingerprint density at radius 1 is 0.722 bits per heavy atom. The van der Waals surface area contributed by atoms with Crippen LogP contribution in [0.1, 0.15) is 40.5 Å². The smallest absolute Gasteiger partial charge is 0.407 e. The Labute approximate surface area is 210 Å². The second kappa shape index (κ2) is 10.5. The molecule has 0 heterocycles. The summed E-state index contributed by atoms with van der Waals surface area (Å²) in [7, 11) is 0. The number of hydrogen-bond donors (Lipinski definition) is 2. The number of benzene rings is 4. The molecule has 4 aromatic carbocycles. The number of hydrogen-bond acceptors (Lipinski definition) is 3. The van der Waals surface area contributed by atoms with E-state index in [4.69, 9.17) is 4.74 Å². The third-order valence-corrected chi connectivity index (χ3v) is 6.81. The summed E-state index contributed by atoms with van der Waals surface area (Å²) in [4.78, 5) is 24.9. The van der Waals surface area contributed by atoms with Crippen LogP contribution in [-0.4, -0.2) is 29.8 Å². The maximum Gasteiger partial charge on any atom is 0.407 e. The minimum atomic E-state index is -1.11. The molecule has 180 valence electrons. The molecule has 0 spiro atoms. The third-order valence-electron chi connectivity index (χ3n) is 6.81. The average molecular weight is 478 g/mol. The van der Waals surface area contributed by atoms with Crippen LogP contribution in [0.2, 0.25) is 0 Å². The van der Waals surface area contributed by atoms with Gasteiger partial charge in [-0.15, -0.1) is 0 Å². The highest BCUT2D eigenvalue weighted by Crippen LogP contribution is 2.44. The van der Waals surface area contributed by atoms with Gasteiger partial charge in [-0.2, -0.15) is 0 Å². The van der Waals surface area contributed by atoms with Crippen LogP contribution in [0.25, 0.3) is 11.1 Å². The zero-order valence-electron chi connectivity index (χ0n) is 19.7. The molecule has 4 aromatic rings. The number of aliphatic carboxylic acids is 1. The number of carboxylic acids is 1. The van der Waals surface area contributed by atoms with Gasteiger partial charge in [-0.3, -0.25) is 0 Å². The van der Waals surface area contributed by atoms with E-state index >= 15 is 0 Å². The number of carboxylic acid groups (broad SMARTS) is 1. The standard InChI is InChI=1S/C31H27NO4/c33-30(34)29(19-27(21-11-3-1-4-12-21)22-13-5-2-6-14-22)32-31(35)36-20-28-25-17-9-7-15-23(25)24-16-8-10-18-26(24)28/h1-18,27-29H,19-20H2,(H,32,35)(H,33,34). The van der Waals surface area contributed by atoms with Crippen molar-refractivity contribution >= 4 is 12.1 Å². The molecule has 1 unspecified atom stereocenters. The van der Waals surface area contributed by atoms with Crippen LogP contribution in [-0.2, 0) is 9.53 Å². The van der Waals surface area contributed by atoms with E-state index in [9.17, 15) is 14.7 Å². The van der Waals surface area contributed by atoms with E-state index in [2.05, 4.69) is 17.4 Å². The zero-order valence-corrected chi connectivity index (χ0v) is 19.7. The highest BCUT2D eigenvalue weighted by Gasteiger charge is 2.30. The molecule has 0 saturated carbocycles. The van der Waals surface area contributed by atoms with E-state index in [0.29, 0.717) is 0 Å². The van der Waals surface area contributed by atoms with Crippen molar-refractivity contribution < 1.29 is 19.4 Å². The molecule has 1 aliphatic carbocycles. The quantitative estimate of drug-likeness (QED) is 0.317. The second-order valence-corrected chi connectivity index (χ2v) is 8.97. The Morgan fingerprint density at radius 2 is 1.19 bits per heavy atom. The van der Waals surface area contributed by atoms with E-state index in [1.807, 2.05) is 97.1 Å². The number of nitrogens with one attached hydrogen (secondary N) is 1. The number of carbonyl (C=O) groups excluding carboxylic acids is 1. The fraction of sp³-hybridized carbons (Fsp3) is 0.161. The van der Waals surface area contributed by atoms with Gasteiger partial charge in [0.2, 0.25) is 0 Å². The lowest BCUT2D eigenvalue weighted by atomic mass is 9.86. The first-order valence-electron chi connectivity index (χ1n) is 12.1. The van der Waals surface area contributed by atoms with E-state index in [0.717, 1.165) is 33.4 Å². The minimum Gasteiger partial charge on any atom is -0.480 e. The number of amides is 1. The summed E-state index contributed by atoms with van der Waals surface area (Å²) in [6.45, 7) is 0.132. The van der Waals surface area contributed by atoms with E-state index in [-0.39, 0.29) is 24.9 Å². The Bertz CT molecular complexity index is 1270. The van der Waals surface area contributed by atoms with Crippen LogP contribution in [0, 0.1) is 0 Å². The largest absolute Gasteiger partial charge is 0.480 e. The summed E-state index contributed by atoms with van der Waals surface area (Å²) >= 11 is 0. The highest BCUT2D eigenvalue weighted by molar-refractivity contribution is 5.81. The highest BCUT2D eigenvalue weighted by atomic mass is 16.5. The molecule has 5 nitrogen and oxygen atoms in total. The van der Waals surface area contributed by atoms with Crippen molar-refractivity contribution in [3.05, 3.63) is 131 Å². The normalized spacial score (nSPS) is 13.0. The van der Waals surface area contributed by atoms with Crippen molar-refractivity contribution in [1.82, 2.24) is 5.32 Å². The molecule has 2 N–H and O–H groups in total. The van der Waals surface area contributed by atoms with Crippen LogP contribution in [0.4, 0.5) is 4.79 Å². The monoisotopic (exact) mass is 477 g/mol. The molecule has 0 saturated heterocycles. The summed E-state index contributed by atoms with van der Waals surface area (Å²) < 4.78 is 5.60. The van der Waals surface area contributed by atoms with Crippen LogP contribution >= 0.6 is 0 Å². The van der Waals surface area contributed by atoms with Gasteiger partial charge in [0.1, 0.15) is 12.6 Å². The fourth-order valence-electron chi connectivity index (χ4n) is 5.07. The molecular formula is C31H27NO4. The molecule has 36 heavy (non-hydrogen) atoms. The molecule has 5 rings (SSSR count). The summed E-state index contributed by atoms with van der Waals surface area (Å²) in [5.41, 5.74) is 6.47. The van der Waals surface area contributed by atoms with Crippen LogP contribution in [0.15, 0.2) is 109 Å². The summed E-state index contributed by atoms with van der Waals surface area (Å²) in [6, 6.07) is 34.6. The lowest BCUT2D eigenvalue weighted by Crippen LogP contribution is -2.42. The van der Waals surface area contributed by atoms with Crippen molar-refractivity contribution in [1.29, 1.82) is 0 Å². The average Bonchev–Trinajstić information content (AvgIpc) is 3.24. The molecular weight excluding hydrogens is 450 g/mol. The van der Waals surface area contributed by atoms with Crippen molar-refractivity contribution in [2.45, 2.75) is 24.3 Å². The molecule has 0 bridgehead atoms. The van der Waals surface area contributed by atoms with Gasteiger partial charge in [-0.1, -0.05) is 109 Å². The molecule has 0 radical (unpaired) electrons. The summed E-state index contributed by atoms with van der Waals surface area (Å²) in [6.07, 6.45) is -0.530.